The predicted molar refractivity (Wildman–Crippen MR) is 95.9 cm³/mol. The molecule has 1 fully saturated rings. The van der Waals surface area contributed by atoms with Gasteiger partial charge in [-0.05, 0) is 25.0 Å². The average molecular weight is 344 g/mol. The zero-order valence-corrected chi connectivity index (χ0v) is 15.0. The number of hydrogen-bond donors (Lipinski definition) is 0. The van der Waals surface area contributed by atoms with Gasteiger partial charge < -0.3 is 4.57 Å². The summed E-state index contributed by atoms with van der Waals surface area (Å²) in [5.41, 5.74) is 0.951. The van der Waals surface area contributed by atoms with Crippen LogP contribution in [0.1, 0.15) is 45.4 Å². The van der Waals surface area contributed by atoms with Crippen LogP contribution < -0.4 is 0 Å². The third-order valence-corrected chi connectivity index (χ3v) is 5.58. The van der Waals surface area contributed by atoms with Gasteiger partial charge in [0.2, 0.25) is 0 Å². The number of aromatic nitrogens is 4. The normalized spacial score (nSPS) is 15.5. The second-order valence-corrected chi connectivity index (χ2v) is 7.27. The summed E-state index contributed by atoms with van der Waals surface area (Å²) in [7, 11) is 0. The highest BCUT2D eigenvalue weighted by molar-refractivity contribution is 7.99. The van der Waals surface area contributed by atoms with Crippen LogP contribution in [-0.2, 0) is 11.3 Å². The number of thioether (sulfide) groups is 1. The Morgan fingerprint density at radius 3 is 2.83 bits per heavy atom. The van der Waals surface area contributed by atoms with E-state index in [0.717, 1.165) is 29.5 Å². The van der Waals surface area contributed by atoms with Crippen molar-refractivity contribution in [1.82, 2.24) is 19.7 Å². The molecule has 0 bridgehead atoms. The van der Waals surface area contributed by atoms with E-state index in [4.69, 9.17) is 0 Å². The molecule has 1 saturated carbocycles. The van der Waals surface area contributed by atoms with Crippen molar-refractivity contribution < 1.29 is 4.79 Å². The van der Waals surface area contributed by atoms with E-state index in [1.807, 2.05) is 12.1 Å². The summed E-state index contributed by atoms with van der Waals surface area (Å²) in [6, 6.07) is 3.87. The van der Waals surface area contributed by atoms with E-state index in [-0.39, 0.29) is 0 Å². The van der Waals surface area contributed by atoms with E-state index in [0.29, 0.717) is 17.5 Å². The smallest absolute Gasteiger partial charge is 0.191 e. The lowest BCUT2D eigenvalue weighted by atomic mass is 9.86. The highest BCUT2D eigenvalue weighted by Crippen LogP contribution is 2.28. The van der Waals surface area contributed by atoms with Crippen molar-refractivity contribution in [1.29, 1.82) is 0 Å². The van der Waals surface area contributed by atoms with Crippen LogP contribution in [0.5, 0.6) is 0 Å². The van der Waals surface area contributed by atoms with Crippen molar-refractivity contribution in [2.24, 2.45) is 5.92 Å². The summed E-state index contributed by atoms with van der Waals surface area (Å²) in [5, 5.41) is 9.38. The first-order chi connectivity index (χ1) is 11.8. The van der Waals surface area contributed by atoms with Gasteiger partial charge in [-0.3, -0.25) is 9.78 Å². The number of carbonyl (C=O) groups excluding carboxylic acids is 1. The minimum absolute atomic E-state index is 0.334. The van der Waals surface area contributed by atoms with Gasteiger partial charge in [0, 0.05) is 30.9 Å². The molecule has 2 aromatic heterocycles. The maximum atomic E-state index is 12.3. The molecule has 0 radical (unpaired) electrons. The van der Waals surface area contributed by atoms with Crippen LogP contribution in [0.3, 0.4) is 0 Å². The van der Waals surface area contributed by atoms with Crippen LogP contribution in [-0.4, -0.2) is 31.3 Å². The topological polar surface area (TPSA) is 60.7 Å². The molecule has 0 aromatic carbocycles. The summed E-state index contributed by atoms with van der Waals surface area (Å²) in [4.78, 5) is 16.4. The fourth-order valence-electron chi connectivity index (χ4n) is 3.31. The van der Waals surface area contributed by atoms with E-state index in [9.17, 15) is 4.79 Å². The molecule has 6 heteroatoms. The molecule has 0 atom stereocenters. The van der Waals surface area contributed by atoms with Crippen molar-refractivity contribution in [2.45, 2.75) is 57.1 Å². The van der Waals surface area contributed by atoms with Crippen LogP contribution in [0.15, 0.2) is 29.7 Å². The lowest BCUT2D eigenvalue weighted by Gasteiger charge is -2.20. The monoisotopic (exact) mass is 344 g/mol. The second kappa shape index (κ2) is 8.42. The number of rotatable bonds is 7. The Morgan fingerprint density at radius 1 is 1.29 bits per heavy atom. The van der Waals surface area contributed by atoms with Crippen molar-refractivity contribution in [3.05, 3.63) is 24.5 Å². The number of nitrogens with zero attached hydrogens (tertiary/aromatic N) is 4. The molecule has 5 nitrogen and oxygen atoms in total. The number of Topliss-reactive ketones (excluding diaryl/α,β-unsaturated/α-hetero) is 1. The van der Waals surface area contributed by atoms with E-state index in [2.05, 4.69) is 26.7 Å². The standard InChI is InChI=1S/C18H24N4OS/c1-2-22-17(15-9-6-10-19-12-15)20-21-18(22)24-13-16(23)11-14-7-4-3-5-8-14/h6,9-10,12,14H,2-5,7-8,11,13H2,1H3. The van der Waals surface area contributed by atoms with E-state index in [1.165, 1.54) is 43.9 Å². The van der Waals surface area contributed by atoms with Crippen molar-refractivity contribution >= 4 is 17.5 Å². The Morgan fingerprint density at radius 2 is 2.12 bits per heavy atom. The molecule has 0 amide bonds. The summed E-state index contributed by atoms with van der Waals surface area (Å²) >= 11 is 1.50. The molecule has 0 N–H and O–H groups in total. The molecule has 24 heavy (non-hydrogen) atoms. The molecule has 2 heterocycles. The fourth-order valence-corrected chi connectivity index (χ4v) is 4.18. The van der Waals surface area contributed by atoms with Gasteiger partial charge in [0.15, 0.2) is 11.0 Å². The minimum atomic E-state index is 0.334. The maximum absolute atomic E-state index is 12.3. The van der Waals surface area contributed by atoms with Gasteiger partial charge in [-0.15, -0.1) is 10.2 Å². The molecule has 0 unspecified atom stereocenters. The van der Waals surface area contributed by atoms with Crippen LogP contribution in [0.4, 0.5) is 0 Å². The first kappa shape index (κ1) is 17.1. The lowest BCUT2D eigenvalue weighted by Crippen LogP contribution is -2.13. The molecule has 128 valence electrons. The molecule has 0 saturated heterocycles. The SMILES string of the molecule is CCn1c(SCC(=O)CC2CCCCC2)nnc1-c1cccnc1. The van der Waals surface area contributed by atoms with Gasteiger partial charge in [0.05, 0.1) is 5.75 Å². The van der Waals surface area contributed by atoms with Gasteiger partial charge >= 0.3 is 0 Å². The first-order valence-corrected chi connectivity index (χ1v) is 9.74. The van der Waals surface area contributed by atoms with Gasteiger partial charge in [0.1, 0.15) is 5.78 Å². The Labute approximate surface area is 147 Å². The third kappa shape index (κ3) is 4.23. The van der Waals surface area contributed by atoms with Gasteiger partial charge in [-0.2, -0.15) is 0 Å². The predicted octanol–water partition coefficient (Wildman–Crippen LogP) is 3.99. The minimum Gasteiger partial charge on any atom is -0.302 e. The van der Waals surface area contributed by atoms with Crippen LogP contribution in [0, 0.1) is 5.92 Å². The zero-order valence-electron chi connectivity index (χ0n) is 14.1. The van der Waals surface area contributed by atoms with E-state index >= 15 is 0 Å². The molecular formula is C18H24N4OS. The average Bonchev–Trinajstić information content (AvgIpc) is 3.04. The number of ketones is 1. The highest BCUT2D eigenvalue weighted by atomic mass is 32.2. The maximum Gasteiger partial charge on any atom is 0.191 e. The second-order valence-electron chi connectivity index (χ2n) is 6.33. The molecule has 1 aliphatic carbocycles. The van der Waals surface area contributed by atoms with Crippen LogP contribution >= 0.6 is 11.8 Å². The van der Waals surface area contributed by atoms with E-state index in [1.54, 1.807) is 12.4 Å². The summed E-state index contributed by atoms with van der Waals surface area (Å²) in [6.45, 7) is 2.84. The Bertz CT molecular complexity index is 665. The Balaban J connectivity index is 1.61. The largest absolute Gasteiger partial charge is 0.302 e. The molecule has 2 aromatic rings. The number of hydrogen-bond acceptors (Lipinski definition) is 5. The van der Waals surface area contributed by atoms with Gasteiger partial charge in [-0.1, -0.05) is 43.9 Å². The zero-order chi connectivity index (χ0) is 16.8. The van der Waals surface area contributed by atoms with Gasteiger partial charge in [-0.25, -0.2) is 0 Å². The fraction of sp³-hybridized carbons (Fsp3) is 0.556. The molecule has 0 spiro atoms. The van der Waals surface area contributed by atoms with E-state index < -0.39 is 0 Å². The summed E-state index contributed by atoms with van der Waals surface area (Å²) in [5.74, 6) is 2.23. The number of carbonyl (C=O) groups is 1. The summed E-state index contributed by atoms with van der Waals surface area (Å²) in [6.07, 6.45) is 10.6. The number of pyridine rings is 1. The van der Waals surface area contributed by atoms with Crippen molar-refractivity contribution in [2.75, 3.05) is 5.75 Å². The highest BCUT2D eigenvalue weighted by Gasteiger charge is 2.19. The van der Waals surface area contributed by atoms with Crippen LogP contribution in [0.2, 0.25) is 0 Å². The lowest BCUT2D eigenvalue weighted by molar-refractivity contribution is -0.117. The van der Waals surface area contributed by atoms with Gasteiger partial charge in [0.25, 0.3) is 0 Å². The third-order valence-electron chi connectivity index (χ3n) is 4.56. The summed E-state index contributed by atoms with van der Waals surface area (Å²) < 4.78 is 2.05. The van der Waals surface area contributed by atoms with Crippen molar-refractivity contribution in [3.63, 3.8) is 0 Å². The Hall–Kier alpha value is -1.69. The Kier molecular flexibility index (Phi) is 6.01. The molecule has 1 aliphatic rings. The molecular weight excluding hydrogens is 320 g/mol. The van der Waals surface area contributed by atoms with Crippen LogP contribution in [0.25, 0.3) is 11.4 Å². The molecule has 0 aliphatic heterocycles. The first-order valence-electron chi connectivity index (χ1n) is 8.76. The quantitative estimate of drug-likeness (QED) is 0.711. The molecule has 3 rings (SSSR count). The van der Waals surface area contributed by atoms with Crippen molar-refractivity contribution in [3.8, 4) is 11.4 Å².